The SMILES string of the molecule is O=c1ccnc(Cc2cnccn2)[nH]1. The van der Waals surface area contributed by atoms with Crippen molar-refractivity contribution < 1.29 is 0 Å². The zero-order valence-corrected chi connectivity index (χ0v) is 7.34. The van der Waals surface area contributed by atoms with Crippen molar-refractivity contribution >= 4 is 0 Å². The Morgan fingerprint density at radius 3 is 2.86 bits per heavy atom. The Balaban J connectivity index is 2.24. The Morgan fingerprint density at radius 1 is 1.21 bits per heavy atom. The molecule has 0 aliphatic rings. The molecule has 14 heavy (non-hydrogen) atoms. The number of rotatable bonds is 2. The summed E-state index contributed by atoms with van der Waals surface area (Å²) in [5.41, 5.74) is 0.626. The van der Waals surface area contributed by atoms with Crippen LogP contribution in [0.25, 0.3) is 0 Å². The van der Waals surface area contributed by atoms with Crippen LogP contribution < -0.4 is 5.56 Å². The van der Waals surface area contributed by atoms with E-state index in [4.69, 9.17) is 0 Å². The van der Waals surface area contributed by atoms with Crippen LogP contribution in [0.4, 0.5) is 0 Å². The summed E-state index contributed by atoms with van der Waals surface area (Å²) < 4.78 is 0. The van der Waals surface area contributed by atoms with Crippen LogP contribution in [0.1, 0.15) is 11.5 Å². The van der Waals surface area contributed by atoms with E-state index in [0.29, 0.717) is 12.2 Å². The lowest BCUT2D eigenvalue weighted by Gasteiger charge is -1.97. The van der Waals surface area contributed by atoms with Gasteiger partial charge in [0.1, 0.15) is 5.82 Å². The van der Waals surface area contributed by atoms with Gasteiger partial charge in [0.05, 0.1) is 5.69 Å². The molecule has 0 aliphatic carbocycles. The molecular weight excluding hydrogens is 180 g/mol. The second kappa shape index (κ2) is 3.78. The minimum atomic E-state index is -0.154. The van der Waals surface area contributed by atoms with Gasteiger partial charge in [-0.25, -0.2) is 4.98 Å². The molecule has 2 rings (SSSR count). The van der Waals surface area contributed by atoms with Gasteiger partial charge in [0, 0.05) is 37.3 Å². The lowest BCUT2D eigenvalue weighted by molar-refractivity contribution is 0.908. The molecule has 0 bridgehead atoms. The molecule has 0 radical (unpaired) electrons. The molecule has 0 aromatic carbocycles. The molecule has 2 aromatic heterocycles. The summed E-state index contributed by atoms with van der Waals surface area (Å²) in [7, 11) is 0. The molecule has 0 fully saturated rings. The van der Waals surface area contributed by atoms with Crippen LogP contribution in [0, 0.1) is 0 Å². The Labute approximate surface area is 79.9 Å². The third-order valence-electron chi connectivity index (χ3n) is 1.69. The second-order valence-corrected chi connectivity index (χ2v) is 2.75. The van der Waals surface area contributed by atoms with E-state index >= 15 is 0 Å². The Kier molecular flexibility index (Phi) is 2.31. The minimum Gasteiger partial charge on any atom is -0.310 e. The Morgan fingerprint density at radius 2 is 2.14 bits per heavy atom. The van der Waals surface area contributed by atoms with Crippen molar-refractivity contribution in [1.82, 2.24) is 19.9 Å². The van der Waals surface area contributed by atoms with Gasteiger partial charge < -0.3 is 4.98 Å². The van der Waals surface area contributed by atoms with Gasteiger partial charge in [0.25, 0.3) is 5.56 Å². The van der Waals surface area contributed by atoms with Crippen molar-refractivity contribution in [3.63, 3.8) is 0 Å². The molecular formula is C9H8N4O. The van der Waals surface area contributed by atoms with E-state index < -0.39 is 0 Å². The summed E-state index contributed by atoms with van der Waals surface area (Å²) in [4.78, 5) is 25.6. The maximum atomic E-state index is 10.9. The van der Waals surface area contributed by atoms with Crippen LogP contribution in [0.3, 0.4) is 0 Å². The van der Waals surface area contributed by atoms with E-state index in [2.05, 4.69) is 19.9 Å². The number of H-pyrrole nitrogens is 1. The normalized spacial score (nSPS) is 10.0. The molecule has 0 spiro atoms. The molecule has 0 amide bonds. The summed E-state index contributed by atoms with van der Waals surface area (Å²) in [6.07, 6.45) is 6.82. The molecule has 0 saturated carbocycles. The summed E-state index contributed by atoms with van der Waals surface area (Å²) in [6.45, 7) is 0. The van der Waals surface area contributed by atoms with Crippen LogP contribution in [0.2, 0.25) is 0 Å². The van der Waals surface area contributed by atoms with E-state index in [-0.39, 0.29) is 5.56 Å². The topological polar surface area (TPSA) is 71.5 Å². The first-order valence-corrected chi connectivity index (χ1v) is 4.14. The molecule has 5 nitrogen and oxygen atoms in total. The van der Waals surface area contributed by atoms with Gasteiger partial charge in [0.2, 0.25) is 0 Å². The third kappa shape index (κ3) is 2.01. The van der Waals surface area contributed by atoms with Crippen LogP contribution in [-0.2, 0) is 6.42 Å². The van der Waals surface area contributed by atoms with E-state index in [0.717, 1.165) is 5.69 Å². The second-order valence-electron chi connectivity index (χ2n) is 2.75. The van der Waals surface area contributed by atoms with Crippen molar-refractivity contribution in [2.24, 2.45) is 0 Å². The number of hydrogen-bond donors (Lipinski definition) is 1. The van der Waals surface area contributed by atoms with Gasteiger partial charge in [0.15, 0.2) is 0 Å². The maximum Gasteiger partial charge on any atom is 0.250 e. The van der Waals surface area contributed by atoms with Crippen molar-refractivity contribution in [2.75, 3.05) is 0 Å². The van der Waals surface area contributed by atoms with E-state index in [9.17, 15) is 4.79 Å². The lowest BCUT2D eigenvalue weighted by Crippen LogP contribution is -2.09. The standard InChI is InChI=1S/C9H8N4O/c14-9-1-2-12-8(13-9)5-7-6-10-3-4-11-7/h1-4,6H,5H2,(H,12,13,14). The highest BCUT2D eigenvalue weighted by Crippen LogP contribution is 1.96. The average Bonchev–Trinajstić information content (AvgIpc) is 2.19. The van der Waals surface area contributed by atoms with Crippen molar-refractivity contribution in [2.45, 2.75) is 6.42 Å². The molecule has 70 valence electrons. The third-order valence-corrected chi connectivity index (χ3v) is 1.69. The van der Waals surface area contributed by atoms with Gasteiger partial charge in [-0.1, -0.05) is 0 Å². The van der Waals surface area contributed by atoms with Gasteiger partial charge in [-0.2, -0.15) is 0 Å². The Hall–Kier alpha value is -2.04. The quantitative estimate of drug-likeness (QED) is 0.728. The van der Waals surface area contributed by atoms with Gasteiger partial charge in [-0.05, 0) is 0 Å². The molecule has 2 aromatic rings. The fourth-order valence-corrected chi connectivity index (χ4v) is 1.09. The first kappa shape index (κ1) is 8.55. The van der Waals surface area contributed by atoms with E-state index in [1.165, 1.54) is 12.3 Å². The first-order chi connectivity index (χ1) is 6.84. The zero-order chi connectivity index (χ0) is 9.80. The number of hydrogen-bond acceptors (Lipinski definition) is 4. The summed E-state index contributed by atoms with van der Waals surface area (Å²) in [6, 6.07) is 1.38. The van der Waals surface area contributed by atoms with Crippen LogP contribution >= 0.6 is 0 Å². The van der Waals surface area contributed by atoms with Crippen molar-refractivity contribution in [3.8, 4) is 0 Å². The fourth-order valence-electron chi connectivity index (χ4n) is 1.09. The van der Waals surface area contributed by atoms with Gasteiger partial charge in [-0.3, -0.25) is 14.8 Å². The maximum absolute atomic E-state index is 10.9. The van der Waals surface area contributed by atoms with Crippen LogP contribution in [0.15, 0.2) is 35.6 Å². The fraction of sp³-hybridized carbons (Fsp3) is 0.111. The largest absolute Gasteiger partial charge is 0.310 e. The highest BCUT2D eigenvalue weighted by atomic mass is 16.1. The molecule has 5 heteroatoms. The average molecular weight is 188 g/mol. The van der Waals surface area contributed by atoms with Crippen LogP contribution in [-0.4, -0.2) is 19.9 Å². The molecule has 0 unspecified atom stereocenters. The molecule has 2 heterocycles. The molecule has 0 atom stereocenters. The summed E-state index contributed by atoms with van der Waals surface area (Å²) in [5, 5.41) is 0. The lowest BCUT2D eigenvalue weighted by atomic mass is 10.3. The monoisotopic (exact) mass is 188 g/mol. The van der Waals surface area contributed by atoms with Crippen molar-refractivity contribution in [3.05, 3.63) is 52.7 Å². The van der Waals surface area contributed by atoms with Gasteiger partial charge in [-0.15, -0.1) is 0 Å². The first-order valence-electron chi connectivity index (χ1n) is 4.14. The molecule has 1 N–H and O–H groups in total. The predicted octanol–water partition coefficient (Wildman–Crippen LogP) is 0.151. The number of aromatic nitrogens is 4. The smallest absolute Gasteiger partial charge is 0.250 e. The summed E-state index contributed by atoms with van der Waals surface area (Å²) >= 11 is 0. The van der Waals surface area contributed by atoms with Gasteiger partial charge >= 0.3 is 0 Å². The molecule has 0 saturated heterocycles. The van der Waals surface area contributed by atoms with E-state index in [1.807, 2.05) is 0 Å². The summed E-state index contributed by atoms with van der Waals surface area (Å²) in [5.74, 6) is 0.595. The number of nitrogens with zero attached hydrogens (tertiary/aromatic N) is 3. The number of nitrogens with one attached hydrogen (secondary N) is 1. The van der Waals surface area contributed by atoms with Crippen LogP contribution in [0.5, 0.6) is 0 Å². The Bertz CT molecular complexity index is 465. The zero-order valence-electron chi connectivity index (χ0n) is 7.34. The minimum absolute atomic E-state index is 0.154. The number of aromatic amines is 1. The van der Waals surface area contributed by atoms with Crippen molar-refractivity contribution in [1.29, 1.82) is 0 Å². The highest BCUT2D eigenvalue weighted by molar-refractivity contribution is 5.04. The predicted molar refractivity (Wildman–Crippen MR) is 49.7 cm³/mol. The van der Waals surface area contributed by atoms with E-state index in [1.54, 1.807) is 18.6 Å². The highest BCUT2D eigenvalue weighted by Gasteiger charge is 1.98. The molecule has 0 aliphatic heterocycles.